The van der Waals surface area contributed by atoms with Crippen LogP contribution in [-0.2, 0) is 0 Å². The first kappa shape index (κ1) is 21.0. The van der Waals surface area contributed by atoms with Crippen LogP contribution in [0.1, 0.15) is 98.8 Å². The van der Waals surface area contributed by atoms with Crippen LogP contribution in [-0.4, -0.2) is 28.1 Å². The van der Waals surface area contributed by atoms with E-state index in [1.807, 2.05) is 0 Å². The van der Waals surface area contributed by atoms with Gasteiger partial charge in [-0.05, 0) is 69.5 Å². The van der Waals surface area contributed by atoms with E-state index in [2.05, 4.69) is 44.8 Å². The number of rotatable bonds is 6. The van der Waals surface area contributed by atoms with Gasteiger partial charge < -0.3 is 10.2 Å². The van der Waals surface area contributed by atoms with Crippen molar-refractivity contribution in [1.29, 1.82) is 0 Å². The molecule has 0 saturated heterocycles. The second-order valence-electron chi connectivity index (χ2n) is 8.88. The first-order valence-electron chi connectivity index (χ1n) is 11.1. The van der Waals surface area contributed by atoms with Crippen molar-refractivity contribution < 1.29 is 0 Å². The minimum atomic E-state index is 0.422. The molecule has 1 N–H and O–H groups in total. The lowest BCUT2D eigenvalue weighted by atomic mass is 9.68. The van der Waals surface area contributed by atoms with Crippen LogP contribution in [0.5, 0.6) is 0 Å². The molecule has 2 rings (SSSR count). The summed E-state index contributed by atoms with van der Waals surface area (Å²) in [6, 6.07) is 1.74. The minimum absolute atomic E-state index is 0.422. The molecule has 0 aromatic rings. The van der Waals surface area contributed by atoms with E-state index in [-0.39, 0.29) is 0 Å². The Morgan fingerprint density at radius 3 is 1.96 bits per heavy atom. The summed E-state index contributed by atoms with van der Waals surface area (Å²) in [5, 5.41) is 4.65. The Morgan fingerprint density at radius 2 is 1.52 bits per heavy atom. The molecule has 25 heavy (non-hydrogen) atoms. The van der Waals surface area contributed by atoms with E-state index in [0.29, 0.717) is 18.1 Å². The quantitative estimate of drug-likeness (QED) is 0.568. The van der Waals surface area contributed by atoms with Crippen molar-refractivity contribution in [3.05, 3.63) is 0 Å². The average molecular weight is 367 g/mol. The summed E-state index contributed by atoms with van der Waals surface area (Å²) in [5.74, 6) is 2.53. The lowest BCUT2D eigenvalue weighted by Crippen LogP contribution is -2.59. The number of nitrogens with one attached hydrogen (secondary N) is 1. The molecule has 0 aromatic heterocycles. The lowest BCUT2D eigenvalue weighted by molar-refractivity contribution is 0.0357. The second-order valence-corrected chi connectivity index (χ2v) is 9.26. The summed E-state index contributed by atoms with van der Waals surface area (Å²) in [7, 11) is 0. The van der Waals surface area contributed by atoms with Gasteiger partial charge in [0, 0.05) is 18.1 Å². The molecule has 0 amide bonds. The lowest BCUT2D eigenvalue weighted by Gasteiger charge is -2.51. The zero-order chi connectivity index (χ0) is 18.4. The molecule has 0 bridgehead atoms. The maximum atomic E-state index is 5.99. The molecule has 2 atom stereocenters. The van der Waals surface area contributed by atoms with Gasteiger partial charge in [-0.1, -0.05) is 59.3 Å². The fraction of sp³-hybridized carbons (Fsp3) is 0.955. The highest BCUT2D eigenvalue weighted by Crippen LogP contribution is 2.43. The first-order valence-corrected chi connectivity index (χ1v) is 11.5. The van der Waals surface area contributed by atoms with Crippen molar-refractivity contribution in [2.45, 2.75) is 117 Å². The van der Waals surface area contributed by atoms with Gasteiger partial charge in [0.1, 0.15) is 0 Å². The third-order valence-electron chi connectivity index (χ3n) is 6.80. The van der Waals surface area contributed by atoms with Crippen molar-refractivity contribution in [2.24, 2.45) is 17.8 Å². The molecular weight excluding hydrogens is 324 g/mol. The standard InChI is InChI=1S/C22H42N2S/c1-6-17-14-18(7-2)21(19(8-3)15-17)24(22(25)23-16(4)5)20-12-10-9-11-13-20/h16-21H,6-15H2,1-5H3,(H,23,25). The predicted octanol–water partition coefficient (Wildman–Crippen LogP) is 6.15. The van der Waals surface area contributed by atoms with Crippen LogP contribution < -0.4 is 5.32 Å². The number of nitrogens with zero attached hydrogens (tertiary/aromatic N) is 1. The van der Waals surface area contributed by atoms with Gasteiger partial charge in [0.2, 0.25) is 0 Å². The van der Waals surface area contributed by atoms with Crippen LogP contribution in [0.15, 0.2) is 0 Å². The molecule has 0 radical (unpaired) electrons. The average Bonchev–Trinajstić information content (AvgIpc) is 2.62. The van der Waals surface area contributed by atoms with Crippen LogP contribution >= 0.6 is 12.2 Å². The largest absolute Gasteiger partial charge is 0.360 e. The zero-order valence-corrected chi connectivity index (χ0v) is 18.2. The van der Waals surface area contributed by atoms with E-state index in [0.717, 1.165) is 22.9 Å². The number of hydrogen-bond donors (Lipinski definition) is 1. The second kappa shape index (κ2) is 10.1. The smallest absolute Gasteiger partial charge is 0.169 e. The van der Waals surface area contributed by atoms with E-state index < -0.39 is 0 Å². The van der Waals surface area contributed by atoms with Crippen LogP contribution in [0.3, 0.4) is 0 Å². The van der Waals surface area contributed by atoms with Crippen molar-refractivity contribution in [3.8, 4) is 0 Å². The topological polar surface area (TPSA) is 15.3 Å². The third-order valence-corrected chi connectivity index (χ3v) is 7.13. The minimum Gasteiger partial charge on any atom is -0.360 e. The highest BCUT2D eigenvalue weighted by atomic mass is 32.1. The molecule has 0 heterocycles. The Hall–Kier alpha value is -0.310. The molecule has 0 aromatic carbocycles. The van der Waals surface area contributed by atoms with Crippen LogP contribution in [0, 0.1) is 17.8 Å². The maximum absolute atomic E-state index is 5.99. The van der Waals surface area contributed by atoms with Crippen LogP contribution in [0.4, 0.5) is 0 Å². The van der Waals surface area contributed by atoms with Crippen molar-refractivity contribution >= 4 is 17.3 Å². The Labute approximate surface area is 162 Å². The Kier molecular flexibility index (Phi) is 8.51. The van der Waals surface area contributed by atoms with E-state index in [9.17, 15) is 0 Å². The van der Waals surface area contributed by atoms with Crippen molar-refractivity contribution in [3.63, 3.8) is 0 Å². The summed E-state index contributed by atoms with van der Waals surface area (Å²) in [4.78, 5) is 2.72. The SMILES string of the molecule is CCC1CC(CC)C(N(C(=S)NC(C)C)C2CCCCC2)C(CC)C1. The number of hydrogen-bond acceptors (Lipinski definition) is 1. The zero-order valence-electron chi connectivity index (χ0n) is 17.4. The Balaban J connectivity index is 2.29. The summed E-state index contributed by atoms with van der Waals surface area (Å²) in [6.45, 7) is 11.6. The third kappa shape index (κ3) is 5.34. The van der Waals surface area contributed by atoms with Gasteiger partial charge in [-0.25, -0.2) is 0 Å². The van der Waals surface area contributed by atoms with Crippen molar-refractivity contribution in [1.82, 2.24) is 10.2 Å². The van der Waals surface area contributed by atoms with E-state index in [1.165, 1.54) is 64.2 Å². The van der Waals surface area contributed by atoms with Crippen molar-refractivity contribution in [2.75, 3.05) is 0 Å². The van der Waals surface area contributed by atoms with Gasteiger partial charge >= 0.3 is 0 Å². The molecule has 0 aliphatic heterocycles. The highest BCUT2D eigenvalue weighted by Gasteiger charge is 2.42. The molecular formula is C22H42N2S. The summed E-state index contributed by atoms with van der Waals surface area (Å²) < 4.78 is 0. The van der Waals surface area contributed by atoms with E-state index >= 15 is 0 Å². The molecule has 2 unspecified atom stereocenters. The van der Waals surface area contributed by atoms with Crippen LogP contribution in [0.25, 0.3) is 0 Å². The summed E-state index contributed by atoms with van der Waals surface area (Å²) in [5.41, 5.74) is 0. The molecule has 2 saturated carbocycles. The fourth-order valence-corrected chi connectivity index (χ4v) is 5.95. The molecule has 146 valence electrons. The van der Waals surface area contributed by atoms with Gasteiger partial charge in [-0.15, -0.1) is 0 Å². The Bertz CT molecular complexity index is 389. The van der Waals surface area contributed by atoms with Gasteiger partial charge in [-0.3, -0.25) is 0 Å². The van der Waals surface area contributed by atoms with Crippen LogP contribution in [0.2, 0.25) is 0 Å². The van der Waals surface area contributed by atoms with Gasteiger partial charge in [0.05, 0.1) is 0 Å². The normalized spacial score (nSPS) is 31.1. The molecule has 2 nitrogen and oxygen atoms in total. The van der Waals surface area contributed by atoms with Gasteiger partial charge in [0.15, 0.2) is 5.11 Å². The summed E-state index contributed by atoms with van der Waals surface area (Å²) in [6.07, 6.45) is 13.6. The van der Waals surface area contributed by atoms with E-state index in [1.54, 1.807) is 0 Å². The van der Waals surface area contributed by atoms with E-state index in [4.69, 9.17) is 12.2 Å². The molecule has 2 aliphatic rings. The first-order chi connectivity index (χ1) is 12.0. The van der Waals surface area contributed by atoms with Gasteiger partial charge in [0.25, 0.3) is 0 Å². The highest BCUT2D eigenvalue weighted by molar-refractivity contribution is 7.80. The number of thiocarbonyl (C=S) groups is 1. The molecule has 0 spiro atoms. The molecule has 2 aliphatic carbocycles. The molecule has 3 heteroatoms. The summed E-state index contributed by atoms with van der Waals surface area (Å²) >= 11 is 5.99. The maximum Gasteiger partial charge on any atom is 0.169 e. The fourth-order valence-electron chi connectivity index (χ4n) is 5.45. The van der Waals surface area contributed by atoms with Gasteiger partial charge in [-0.2, -0.15) is 0 Å². The predicted molar refractivity (Wildman–Crippen MR) is 114 cm³/mol. The molecule has 2 fully saturated rings. The monoisotopic (exact) mass is 366 g/mol. The Morgan fingerprint density at radius 1 is 0.960 bits per heavy atom.